The van der Waals surface area contributed by atoms with Crippen LogP contribution in [0.3, 0.4) is 0 Å². The topological polar surface area (TPSA) is 60.7 Å². The van der Waals surface area contributed by atoms with Gasteiger partial charge in [-0.25, -0.2) is 9.79 Å². The van der Waals surface area contributed by atoms with Crippen LogP contribution in [0.5, 0.6) is 0 Å². The highest BCUT2D eigenvalue weighted by Gasteiger charge is 2.33. The number of nitrogens with zero attached hydrogens (tertiary/aromatic N) is 2. The predicted octanol–water partition coefficient (Wildman–Crippen LogP) is 3.68. The zero-order valence-electron chi connectivity index (χ0n) is 16.0. The van der Waals surface area contributed by atoms with Crippen molar-refractivity contribution in [2.75, 3.05) is 6.61 Å². The summed E-state index contributed by atoms with van der Waals surface area (Å²) >= 11 is 8.73. The lowest BCUT2D eigenvalue weighted by atomic mass is 10.0. The Morgan fingerprint density at radius 3 is 2.77 bits per heavy atom. The minimum Gasteiger partial charge on any atom is -0.458 e. The molecule has 30 heavy (non-hydrogen) atoms. The number of hydrogen-bond acceptors (Lipinski definition) is 6. The molecule has 1 aliphatic heterocycles. The van der Waals surface area contributed by atoms with E-state index in [1.807, 2.05) is 29.6 Å². The second-order valence-electron chi connectivity index (χ2n) is 6.54. The van der Waals surface area contributed by atoms with Crippen molar-refractivity contribution in [1.82, 2.24) is 4.57 Å². The standard InChI is InChI=1S/C22H17ClN2O3S2/c1-3-10-28-21(27)18-13(2)24-22-25(19(18)16-5-4-11-29-16)20(26)17(30-22)12-14-6-8-15(23)9-7-14/h3-9,11-12,19H,1,10H2,2H3. The van der Waals surface area contributed by atoms with Crippen molar-refractivity contribution >= 4 is 46.3 Å². The number of rotatable bonds is 5. The molecule has 152 valence electrons. The summed E-state index contributed by atoms with van der Waals surface area (Å²) in [5, 5.41) is 2.55. The maximum Gasteiger partial charge on any atom is 0.338 e. The van der Waals surface area contributed by atoms with E-state index in [9.17, 15) is 9.59 Å². The molecule has 4 rings (SSSR count). The number of esters is 1. The summed E-state index contributed by atoms with van der Waals surface area (Å²) in [6.45, 7) is 5.44. The van der Waals surface area contributed by atoms with E-state index in [1.54, 1.807) is 29.7 Å². The quantitative estimate of drug-likeness (QED) is 0.434. The van der Waals surface area contributed by atoms with Crippen molar-refractivity contribution in [3.63, 3.8) is 0 Å². The molecule has 0 radical (unpaired) electrons. The van der Waals surface area contributed by atoms with Crippen LogP contribution in [0.4, 0.5) is 0 Å². The minimum absolute atomic E-state index is 0.0910. The second kappa shape index (κ2) is 8.55. The Hall–Kier alpha value is -2.74. The van der Waals surface area contributed by atoms with Gasteiger partial charge in [-0.2, -0.15) is 0 Å². The summed E-state index contributed by atoms with van der Waals surface area (Å²) in [5.74, 6) is -0.499. The molecular formula is C22H17ClN2O3S2. The Balaban J connectivity index is 1.90. The highest BCUT2D eigenvalue weighted by Crippen LogP contribution is 2.33. The van der Waals surface area contributed by atoms with Crippen LogP contribution >= 0.6 is 34.3 Å². The van der Waals surface area contributed by atoms with Gasteiger partial charge in [-0.3, -0.25) is 9.36 Å². The molecule has 2 aromatic heterocycles. The number of carbonyl (C=O) groups is 1. The first-order valence-corrected chi connectivity index (χ1v) is 11.2. The molecule has 0 spiro atoms. The van der Waals surface area contributed by atoms with Crippen LogP contribution in [0.2, 0.25) is 5.02 Å². The van der Waals surface area contributed by atoms with Gasteiger partial charge in [-0.05, 0) is 42.1 Å². The van der Waals surface area contributed by atoms with E-state index in [-0.39, 0.29) is 12.2 Å². The Labute approximate surface area is 185 Å². The first-order valence-electron chi connectivity index (χ1n) is 9.09. The summed E-state index contributed by atoms with van der Waals surface area (Å²) in [6.07, 6.45) is 3.32. The number of carbonyl (C=O) groups excluding carboxylic acids is 1. The van der Waals surface area contributed by atoms with Gasteiger partial charge in [-0.15, -0.1) is 11.3 Å². The first kappa shape index (κ1) is 20.5. The van der Waals surface area contributed by atoms with E-state index in [1.165, 1.54) is 28.7 Å². The largest absolute Gasteiger partial charge is 0.458 e. The van der Waals surface area contributed by atoms with E-state index in [0.29, 0.717) is 25.6 Å². The van der Waals surface area contributed by atoms with E-state index >= 15 is 0 Å². The lowest BCUT2D eigenvalue weighted by Gasteiger charge is -2.23. The Kier molecular flexibility index (Phi) is 5.85. The van der Waals surface area contributed by atoms with Gasteiger partial charge in [0.1, 0.15) is 12.6 Å². The molecule has 1 unspecified atom stereocenters. The van der Waals surface area contributed by atoms with Crippen LogP contribution in [0.25, 0.3) is 6.08 Å². The Bertz CT molecular complexity index is 1320. The molecule has 3 heterocycles. The van der Waals surface area contributed by atoms with Crippen LogP contribution in [0.15, 0.2) is 75.5 Å². The van der Waals surface area contributed by atoms with Gasteiger partial charge in [0.05, 0.1) is 15.8 Å². The molecule has 1 aliphatic rings. The molecule has 0 amide bonds. The average molecular weight is 457 g/mol. The van der Waals surface area contributed by atoms with Crippen LogP contribution in [0, 0.1) is 0 Å². The number of halogens is 1. The number of thiazole rings is 1. The van der Waals surface area contributed by atoms with Crippen LogP contribution in [0.1, 0.15) is 23.4 Å². The molecule has 0 aliphatic carbocycles. The summed E-state index contributed by atoms with van der Waals surface area (Å²) in [5.41, 5.74) is 1.57. The fourth-order valence-corrected chi connectivity index (χ4v) is 5.22. The normalized spacial score (nSPS) is 16.2. The minimum atomic E-state index is -0.578. The zero-order chi connectivity index (χ0) is 21.3. The van der Waals surface area contributed by atoms with Crippen molar-refractivity contribution in [1.29, 1.82) is 0 Å². The van der Waals surface area contributed by atoms with Crippen LogP contribution in [-0.2, 0) is 9.53 Å². The van der Waals surface area contributed by atoms with E-state index in [2.05, 4.69) is 11.6 Å². The molecule has 0 saturated carbocycles. The molecule has 1 aromatic carbocycles. The lowest BCUT2D eigenvalue weighted by molar-refractivity contribution is -0.138. The number of fused-ring (bicyclic) bond motifs is 1. The smallest absolute Gasteiger partial charge is 0.338 e. The fraction of sp³-hybridized carbons (Fsp3) is 0.136. The van der Waals surface area contributed by atoms with Gasteiger partial charge in [0.15, 0.2) is 4.80 Å². The van der Waals surface area contributed by atoms with Gasteiger partial charge >= 0.3 is 5.97 Å². The number of allylic oxidation sites excluding steroid dienone is 1. The zero-order valence-corrected chi connectivity index (χ0v) is 18.4. The highest BCUT2D eigenvalue weighted by molar-refractivity contribution is 7.10. The molecule has 0 saturated heterocycles. The van der Waals surface area contributed by atoms with Crippen molar-refractivity contribution in [2.24, 2.45) is 4.99 Å². The van der Waals surface area contributed by atoms with Crippen molar-refractivity contribution in [3.8, 4) is 0 Å². The van der Waals surface area contributed by atoms with Crippen molar-refractivity contribution < 1.29 is 9.53 Å². The molecule has 5 nitrogen and oxygen atoms in total. The number of benzene rings is 1. The van der Waals surface area contributed by atoms with E-state index in [4.69, 9.17) is 16.3 Å². The molecule has 3 aromatic rings. The molecular weight excluding hydrogens is 440 g/mol. The predicted molar refractivity (Wildman–Crippen MR) is 121 cm³/mol. The third-order valence-corrected chi connectivity index (χ3v) is 6.71. The Morgan fingerprint density at radius 2 is 2.10 bits per heavy atom. The summed E-state index contributed by atoms with van der Waals surface area (Å²) in [6, 6.07) is 10.5. The van der Waals surface area contributed by atoms with Crippen molar-refractivity contribution in [3.05, 3.63) is 101 Å². The maximum absolute atomic E-state index is 13.3. The SMILES string of the molecule is C=CCOC(=O)C1=C(C)N=c2sc(=Cc3ccc(Cl)cc3)c(=O)n2C1c1cccs1. The highest BCUT2D eigenvalue weighted by atomic mass is 35.5. The average Bonchev–Trinajstić information content (AvgIpc) is 3.36. The second-order valence-corrected chi connectivity index (χ2v) is 8.96. The maximum atomic E-state index is 13.3. The lowest BCUT2D eigenvalue weighted by Crippen LogP contribution is -2.39. The summed E-state index contributed by atoms with van der Waals surface area (Å²) < 4.78 is 7.41. The van der Waals surface area contributed by atoms with Crippen LogP contribution < -0.4 is 14.9 Å². The number of thiophene rings is 1. The number of aromatic nitrogens is 1. The molecule has 8 heteroatoms. The molecule has 1 atom stereocenters. The molecule has 0 N–H and O–H groups in total. The van der Waals surface area contributed by atoms with Gasteiger partial charge in [0.2, 0.25) is 0 Å². The van der Waals surface area contributed by atoms with E-state index in [0.717, 1.165) is 10.4 Å². The van der Waals surface area contributed by atoms with Gasteiger partial charge < -0.3 is 4.74 Å². The summed E-state index contributed by atoms with van der Waals surface area (Å²) in [7, 11) is 0. The number of ether oxygens (including phenoxy) is 1. The fourth-order valence-electron chi connectivity index (χ4n) is 3.22. The summed E-state index contributed by atoms with van der Waals surface area (Å²) in [4.78, 5) is 32.1. The van der Waals surface area contributed by atoms with E-state index < -0.39 is 12.0 Å². The third-order valence-electron chi connectivity index (χ3n) is 4.55. The number of hydrogen-bond donors (Lipinski definition) is 0. The van der Waals surface area contributed by atoms with Crippen molar-refractivity contribution in [2.45, 2.75) is 13.0 Å². The monoisotopic (exact) mass is 456 g/mol. The van der Waals surface area contributed by atoms with Gasteiger partial charge in [0.25, 0.3) is 5.56 Å². The Morgan fingerprint density at radius 1 is 1.33 bits per heavy atom. The third kappa shape index (κ3) is 3.84. The molecule has 0 fully saturated rings. The first-order chi connectivity index (χ1) is 14.5. The van der Waals surface area contributed by atoms with Gasteiger partial charge in [0, 0.05) is 9.90 Å². The molecule has 0 bridgehead atoms. The van der Waals surface area contributed by atoms with Crippen LogP contribution in [-0.4, -0.2) is 17.1 Å². The van der Waals surface area contributed by atoms with Gasteiger partial charge in [-0.1, -0.05) is 53.8 Å².